The molecule has 3 aromatic carbocycles. The standard InChI is InChI=1S/C28H29N2O4PS.BrH/c29-24(28(33)34)20-36-25-19-26(31)30(27(25)32)17-10-18-35(21-11-4-1-5-12-21,22-13-6-2-7-14-22)23-15-8-3-9-16-23;/h1-9,11-16,24-25H,10,17-20,29H2;1H/t24-,25?;/m0./s1. The van der Waals surface area contributed by atoms with E-state index in [1.165, 1.54) is 20.8 Å². The third kappa shape index (κ3) is 6.50. The third-order valence-electron chi connectivity index (χ3n) is 6.46. The molecule has 2 amide bonds. The Labute approximate surface area is 232 Å². The second kappa shape index (κ2) is 13.3. The quantitative estimate of drug-likeness (QED) is 0.230. The van der Waals surface area contributed by atoms with Crippen molar-refractivity contribution in [2.75, 3.05) is 18.5 Å². The molecule has 0 aliphatic carbocycles. The van der Waals surface area contributed by atoms with Crippen LogP contribution >= 0.6 is 19.0 Å². The summed E-state index contributed by atoms with van der Waals surface area (Å²) in [7, 11) is -2.04. The molecule has 194 valence electrons. The van der Waals surface area contributed by atoms with Gasteiger partial charge in [-0.05, 0) is 36.4 Å². The number of imide groups is 1. The van der Waals surface area contributed by atoms with Crippen LogP contribution < -0.4 is 38.6 Å². The molecule has 6 nitrogen and oxygen atoms in total. The predicted molar refractivity (Wildman–Crippen MR) is 148 cm³/mol. The summed E-state index contributed by atoms with van der Waals surface area (Å²) in [6.07, 6.45) is 1.56. The summed E-state index contributed by atoms with van der Waals surface area (Å²) in [6.45, 7) is 0.341. The molecule has 1 saturated heterocycles. The summed E-state index contributed by atoms with van der Waals surface area (Å²) in [5.41, 5.74) is 5.58. The fourth-order valence-electron chi connectivity index (χ4n) is 4.66. The highest BCUT2D eigenvalue weighted by molar-refractivity contribution is 8.00. The first-order valence-corrected chi connectivity index (χ1v) is 14.9. The molecule has 3 aromatic rings. The van der Waals surface area contributed by atoms with E-state index in [-0.39, 0.29) is 41.0 Å². The van der Waals surface area contributed by atoms with E-state index in [9.17, 15) is 14.4 Å². The number of benzene rings is 3. The van der Waals surface area contributed by atoms with Gasteiger partial charge in [-0.1, -0.05) is 54.6 Å². The van der Waals surface area contributed by atoms with Crippen LogP contribution in [0.5, 0.6) is 0 Å². The van der Waals surface area contributed by atoms with E-state index in [0.717, 1.165) is 17.9 Å². The topological polar surface area (TPSA) is 101 Å². The minimum atomic E-state index is -2.04. The minimum Gasteiger partial charge on any atom is -1.00 e. The Hall–Kier alpha value is -2.51. The summed E-state index contributed by atoms with van der Waals surface area (Å²) in [5.74, 6) is -1.47. The first-order chi connectivity index (χ1) is 17.4. The average Bonchev–Trinajstić information content (AvgIpc) is 3.18. The number of amides is 2. The Balaban J connectivity index is 0.00000380. The van der Waals surface area contributed by atoms with Crippen LogP contribution in [0.2, 0.25) is 0 Å². The Morgan fingerprint density at radius 1 is 0.919 bits per heavy atom. The number of nitrogens with zero attached hydrogens (tertiary/aromatic N) is 1. The lowest BCUT2D eigenvalue weighted by atomic mass is 10.3. The Kier molecular flexibility index (Phi) is 10.5. The van der Waals surface area contributed by atoms with Gasteiger partial charge in [0.2, 0.25) is 11.8 Å². The monoisotopic (exact) mass is 600 g/mol. The number of carboxylic acids is 1. The van der Waals surface area contributed by atoms with Gasteiger partial charge in [0.1, 0.15) is 29.2 Å². The molecule has 0 spiro atoms. The van der Waals surface area contributed by atoms with Crippen LogP contribution in [0, 0.1) is 0 Å². The maximum Gasteiger partial charge on any atom is 0.321 e. The van der Waals surface area contributed by atoms with Crippen molar-refractivity contribution >= 4 is 52.7 Å². The number of thioether (sulfide) groups is 1. The van der Waals surface area contributed by atoms with Gasteiger partial charge in [-0.25, -0.2) is 0 Å². The highest BCUT2D eigenvalue weighted by Crippen LogP contribution is 2.55. The SMILES string of the molecule is N[C@@H](CSC1CC(=O)N(CCC[P+](c2ccccc2)(c2ccccc2)c2ccccc2)C1=O)C(=O)O.[Br-]. The lowest BCUT2D eigenvalue weighted by Crippen LogP contribution is -3.00. The van der Waals surface area contributed by atoms with Gasteiger partial charge in [0.05, 0.1) is 11.4 Å². The van der Waals surface area contributed by atoms with E-state index in [4.69, 9.17) is 10.8 Å². The van der Waals surface area contributed by atoms with E-state index >= 15 is 0 Å². The third-order valence-corrected chi connectivity index (χ3v) is 12.3. The van der Waals surface area contributed by atoms with Crippen LogP contribution in [-0.2, 0) is 14.4 Å². The van der Waals surface area contributed by atoms with Crippen molar-refractivity contribution in [3.8, 4) is 0 Å². The summed E-state index contributed by atoms with van der Waals surface area (Å²) in [4.78, 5) is 38.0. The summed E-state index contributed by atoms with van der Waals surface area (Å²) >= 11 is 1.15. The van der Waals surface area contributed by atoms with Gasteiger partial charge in [-0.15, -0.1) is 11.8 Å². The highest BCUT2D eigenvalue weighted by atomic mass is 79.9. The Morgan fingerprint density at radius 2 is 1.38 bits per heavy atom. The molecule has 1 unspecified atom stereocenters. The van der Waals surface area contributed by atoms with Crippen molar-refractivity contribution < 1.29 is 36.5 Å². The number of likely N-dealkylation sites (tertiary alicyclic amines) is 1. The molecular weight excluding hydrogens is 571 g/mol. The summed E-state index contributed by atoms with van der Waals surface area (Å²) < 4.78 is 0. The van der Waals surface area contributed by atoms with E-state index in [1.807, 2.05) is 18.2 Å². The molecule has 9 heteroatoms. The maximum absolute atomic E-state index is 13.0. The van der Waals surface area contributed by atoms with Gasteiger partial charge in [-0.3, -0.25) is 19.3 Å². The molecule has 3 N–H and O–H groups in total. The molecule has 2 atom stereocenters. The first-order valence-electron chi connectivity index (χ1n) is 11.9. The molecule has 0 aromatic heterocycles. The summed E-state index contributed by atoms with van der Waals surface area (Å²) in [6, 6.07) is 30.4. The zero-order chi connectivity index (χ0) is 25.5. The number of hydrogen-bond acceptors (Lipinski definition) is 5. The molecule has 0 bridgehead atoms. The van der Waals surface area contributed by atoms with Crippen LogP contribution in [0.1, 0.15) is 12.8 Å². The molecule has 37 heavy (non-hydrogen) atoms. The normalized spacial score (nSPS) is 16.4. The molecule has 1 fully saturated rings. The molecule has 0 radical (unpaired) electrons. The summed E-state index contributed by atoms with van der Waals surface area (Å²) in [5, 5.41) is 12.2. The van der Waals surface area contributed by atoms with E-state index in [2.05, 4.69) is 72.8 Å². The van der Waals surface area contributed by atoms with Crippen molar-refractivity contribution in [3.63, 3.8) is 0 Å². The average molecular weight is 602 g/mol. The van der Waals surface area contributed by atoms with Gasteiger partial charge in [-0.2, -0.15) is 0 Å². The number of rotatable bonds is 11. The van der Waals surface area contributed by atoms with Crippen molar-refractivity contribution in [1.82, 2.24) is 4.90 Å². The van der Waals surface area contributed by atoms with Gasteiger partial charge < -0.3 is 27.8 Å². The van der Waals surface area contributed by atoms with Crippen molar-refractivity contribution in [1.29, 1.82) is 0 Å². The second-order valence-corrected chi connectivity index (χ2v) is 13.6. The zero-order valence-corrected chi connectivity index (χ0v) is 23.6. The molecule has 4 rings (SSSR count). The van der Waals surface area contributed by atoms with Crippen LogP contribution in [-0.4, -0.2) is 57.5 Å². The molecular formula is C28H30BrN2O4PS. The van der Waals surface area contributed by atoms with Crippen LogP contribution in [0.15, 0.2) is 91.0 Å². The lowest BCUT2D eigenvalue weighted by Gasteiger charge is -2.28. The van der Waals surface area contributed by atoms with Crippen molar-refractivity contribution in [3.05, 3.63) is 91.0 Å². The predicted octanol–water partition coefficient (Wildman–Crippen LogP) is -0.353. The van der Waals surface area contributed by atoms with E-state index in [1.54, 1.807) is 0 Å². The van der Waals surface area contributed by atoms with Crippen molar-refractivity contribution in [2.24, 2.45) is 5.73 Å². The minimum absolute atomic E-state index is 0. The van der Waals surface area contributed by atoms with E-state index in [0.29, 0.717) is 13.0 Å². The van der Waals surface area contributed by atoms with Crippen molar-refractivity contribution in [2.45, 2.75) is 24.1 Å². The number of aliphatic carboxylic acids is 1. The fraction of sp³-hybridized carbons (Fsp3) is 0.250. The Bertz CT molecular complexity index is 1100. The zero-order valence-electron chi connectivity index (χ0n) is 20.3. The van der Waals surface area contributed by atoms with Crippen LogP contribution in [0.25, 0.3) is 0 Å². The number of hydrogen-bond donors (Lipinski definition) is 2. The van der Waals surface area contributed by atoms with E-state index < -0.39 is 24.5 Å². The van der Waals surface area contributed by atoms with Gasteiger partial charge in [0.25, 0.3) is 0 Å². The lowest BCUT2D eigenvalue weighted by molar-refractivity contribution is -0.139. The first kappa shape index (κ1) is 29.1. The largest absolute Gasteiger partial charge is 1.00 e. The Morgan fingerprint density at radius 3 is 1.81 bits per heavy atom. The molecule has 1 aliphatic rings. The highest BCUT2D eigenvalue weighted by Gasteiger charge is 2.45. The number of halogens is 1. The number of carboxylic acid groups (broad SMARTS) is 1. The van der Waals surface area contributed by atoms with Gasteiger partial charge >= 0.3 is 5.97 Å². The number of carbonyl (C=O) groups excluding carboxylic acids is 2. The second-order valence-electron chi connectivity index (χ2n) is 8.75. The molecule has 1 heterocycles. The van der Waals surface area contributed by atoms with Gasteiger partial charge in [0, 0.05) is 25.1 Å². The van der Waals surface area contributed by atoms with Crippen LogP contribution in [0.4, 0.5) is 0 Å². The molecule has 0 saturated carbocycles. The smallest absolute Gasteiger partial charge is 0.321 e. The van der Waals surface area contributed by atoms with Crippen LogP contribution in [0.3, 0.4) is 0 Å². The molecule has 1 aliphatic heterocycles. The van der Waals surface area contributed by atoms with Gasteiger partial charge in [0.15, 0.2) is 0 Å². The maximum atomic E-state index is 13.0. The fourth-order valence-corrected chi connectivity index (χ4v) is 10.1. The number of nitrogens with two attached hydrogens (primary N) is 1. The number of carbonyl (C=O) groups is 3.